The molecule has 0 spiro atoms. The Morgan fingerprint density at radius 2 is 1.85 bits per heavy atom. The average Bonchev–Trinajstić information content (AvgIpc) is 2.93. The standard InChI is InChI=1S/C13H14F2N2O3/c1-16(8-4-2-3-5-8)13(18)9-6-10(14)11(15)7-12(9)17(19)20/h6-8H,2-5H2,1H3. The largest absolute Gasteiger partial charge is 0.339 e. The highest BCUT2D eigenvalue weighted by Crippen LogP contribution is 2.27. The highest BCUT2D eigenvalue weighted by Gasteiger charge is 2.30. The summed E-state index contributed by atoms with van der Waals surface area (Å²) in [5.41, 5.74) is -1.12. The molecule has 0 saturated heterocycles. The van der Waals surface area contributed by atoms with Crippen LogP contribution in [0.1, 0.15) is 36.0 Å². The third-order valence-electron chi connectivity index (χ3n) is 3.66. The zero-order chi connectivity index (χ0) is 14.9. The monoisotopic (exact) mass is 284 g/mol. The smallest absolute Gasteiger partial charge is 0.285 e. The number of benzene rings is 1. The van der Waals surface area contributed by atoms with Crippen molar-refractivity contribution < 1.29 is 18.5 Å². The van der Waals surface area contributed by atoms with Gasteiger partial charge < -0.3 is 4.90 Å². The van der Waals surface area contributed by atoms with E-state index in [2.05, 4.69) is 0 Å². The normalized spacial score (nSPS) is 15.3. The SMILES string of the molecule is CN(C(=O)c1cc(F)c(F)cc1[N+](=O)[O-])C1CCCC1. The number of nitro benzene ring substituents is 1. The van der Waals surface area contributed by atoms with Gasteiger partial charge in [0.25, 0.3) is 11.6 Å². The zero-order valence-electron chi connectivity index (χ0n) is 10.9. The Labute approximate surface area is 114 Å². The number of halogens is 2. The molecular weight excluding hydrogens is 270 g/mol. The van der Waals surface area contributed by atoms with Crippen molar-refractivity contribution in [2.24, 2.45) is 0 Å². The van der Waals surface area contributed by atoms with E-state index in [9.17, 15) is 23.7 Å². The maximum absolute atomic E-state index is 13.3. The van der Waals surface area contributed by atoms with Gasteiger partial charge in [0.05, 0.1) is 11.0 Å². The second kappa shape index (κ2) is 5.52. The van der Waals surface area contributed by atoms with Gasteiger partial charge in [0.15, 0.2) is 11.6 Å². The molecule has 1 aliphatic rings. The fourth-order valence-electron chi connectivity index (χ4n) is 2.51. The number of carbonyl (C=O) groups is 1. The van der Waals surface area contributed by atoms with Crippen LogP contribution in [-0.4, -0.2) is 28.8 Å². The summed E-state index contributed by atoms with van der Waals surface area (Å²) in [5, 5.41) is 10.9. The predicted octanol–water partition coefficient (Wildman–Crippen LogP) is 2.89. The molecule has 1 saturated carbocycles. The first-order chi connectivity index (χ1) is 9.41. The van der Waals surface area contributed by atoms with Gasteiger partial charge in [0.2, 0.25) is 0 Å². The number of amides is 1. The molecule has 0 aliphatic heterocycles. The molecule has 1 aromatic carbocycles. The maximum Gasteiger partial charge on any atom is 0.285 e. The van der Waals surface area contributed by atoms with Gasteiger partial charge in [-0.2, -0.15) is 0 Å². The van der Waals surface area contributed by atoms with E-state index in [1.807, 2.05) is 0 Å². The fraction of sp³-hybridized carbons (Fsp3) is 0.462. The lowest BCUT2D eigenvalue weighted by molar-refractivity contribution is -0.385. The first-order valence-electron chi connectivity index (χ1n) is 6.32. The molecule has 20 heavy (non-hydrogen) atoms. The Balaban J connectivity index is 2.37. The summed E-state index contributed by atoms with van der Waals surface area (Å²) in [5.74, 6) is -3.25. The molecule has 2 rings (SSSR count). The van der Waals surface area contributed by atoms with E-state index in [-0.39, 0.29) is 6.04 Å². The molecule has 0 radical (unpaired) electrons. The van der Waals surface area contributed by atoms with Crippen LogP contribution in [0.5, 0.6) is 0 Å². The zero-order valence-corrected chi connectivity index (χ0v) is 10.9. The molecule has 1 fully saturated rings. The molecule has 5 nitrogen and oxygen atoms in total. The highest BCUT2D eigenvalue weighted by molar-refractivity contribution is 5.98. The molecule has 108 valence electrons. The fourth-order valence-corrected chi connectivity index (χ4v) is 2.51. The summed E-state index contributed by atoms with van der Waals surface area (Å²) in [6.07, 6.45) is 3.61. The molecular formula is C13H14F2N2O3. The molecule has 0 N–H and O–H groups in total. The van der Waals surface area contributed by atoms with Crippen molar-refractivity contribution in [1.29, 1.82) is 0 Å². The van der Waals surface area contributed by atoms with Crippen LogP contribution < -0.4 is 0 Å². The Bertz CT molecular complexity index is 557. The van der Waals surface area contributed by atoms with Crippen LogP contribution in [0.4, 0.5) is 14.5 Å². The molecule has 1 aromatic rings. The van der Waals surface area contributed by atoms with Crippen molar-refractivity contribution in [3.63, 3.8) is 0 Å². The van der Waals surface area contributed by atoms with Gasteiger partial charge in [0, 0.05) is 13.1 Å². The highest BCUT2D eigenvalue weighted by atomic mass is 19.2. The Morgan fingerprint density at radius 3 is 2.40 bits per heavy atom. The van der Waals surface area contributed by atoms with E-state index in [1.54, 1.807) is 0 Å². The number of nitro groups is 1. The van der Waals surface area contributed by atoms with Crippen molar-refractivity contribution in [3.8, 4) is 0 Å². The van der Waals surface area contributed by atoms with E-state index in [1.165, 1.54) is 11.9 Å². The Morgan fingerprint density at radius 1 is 1.30 bits per heavy atom. The third kappa shape index (κ3) is 2.61. The lowest BCUT2D eigenvalue weighted by Gasteiger charge is -2.24. The Hall–Kier alpha value is -2.05. The lowest BCUT2D eigenvalue weighted by Crippen LogP contribution is -2.35. The number of carbonyl (C=O) groups excluding carboxylic acids is 1. The van der Waals surface area contributed by atoms with Crippen LogP contribution in [0.25, 0.3) is 0 Å². The van der Waals surface area contributed by atoms with Crippen molar-refractivity contribution in [2.45, 2.75) is 31.7 Å². The van der Waals surface area contributed by atoms with Crippen molar-refractivity contribution >= 4 is 11.6 Å². The summed E-state index contributed by atoms with van der Waals surface area (Å²) in [4.78, 5) is 23.6. The first-order valence-corrected chi connectivity index (χ1v) is 6.32. The van der Waals surface area contributed by atoms with Gasteiger partial charge in [-0.1, -0.05) is 12.8 Å². The number of hydrogen-bond donors (Lipinski definition) is 0. The number of hydrogen-bond acceptors (Lipinski definition) is 3. The average molecular weight is 284 g/mol. The van der Waals surface area contributed by atoms with Crippen LogP contribution in [0.15, 0.2) is 12.1 Å². The quantitative estimate of drug-likeness (QED) is 0.633. The molecule has 0 aromatic heterocycles. The van der Waals surface area contributed by atoms with Crippen LogP contribution in [0, 0.1) is 21.7 Å². The van der Waals surface area contributed by atoms with E-state index in [0.29, 0.717) is 12.1 Å². The van der Waals surface area contributed by atoms with Crippen LogP contribution in [0.2, 0.25) is 0 Å². The van der Waals surface area contributed by atoms with Crippen molar-refractivity contribution in [1.82, 2.24) is 4.90 Å². The molecule has 0 unspecified atom stereocenters. The van der Waals surface area contributed by atoms with E-state index in [4.69, 9.17) is 0 Å². The molecule has 0 atom stereocenters. The number of nitrogens with zero attached hydrogens (tertiary/aromatic N) is 2. The maximum atomic E-state index is 13.3. The van der Waals surface area contributed by atoms with Crippen LogP contribution in [-0.2, 0) is 0 Å². The minimum atomic E-state index is -1.34. The minimum absolute atomic E-state index is 0.00443. The van der Waals surface area contributed by atoms with Gasteiger partial charge in [-0.15, -0.1) is 0 Å². The van der Waals surface area contributed by atoms with Gasteiger partial charge in [-0.3, -0.25) is 14.9 Å². The second-order valence-corrected chi connectivity index (χ2v) is 4.89. The topological polar surface area (TPSA) is 63.5 Å². The number of rotatable bonds is 3. The summed E-state index contributed by atoms with van der Waals surface area (Å²) in [6, 6.07) is 1.04. The summed E-state index contributed by atoms with van der Waals surface area (Å²) < 4.78 is 26.3. The lowest BCUT2D eigenvalue weighted by atomic mass is 10.1. The van der Waals surface area contributed by atoms with Gasteiger partial charge >= 0.3 is 0 Å². The van der Waals surface area contributed by atoms with Crippen molar-refractivity contribution in [3.05, 3.63) is 39.4 Å². The van der Waals surface area contributed by atoms with Gasteiger partial charge in [-0.05, 0) is 18.9 Å². The summed E-state index contributed by atoms with van der Waals surface area (Å²) in [7, 11) is 1.53. The molecule has 0 bridgehead atoms. The summed E-state index contributed by atoms with van der Waals surface area (Å²) in [6.45, 7) is 0. The molecule has 1 amide bonds. The van der Waals surface area contributed by atoms with Crippen LogP contribution in [0.3, 0.4) is 0 Å². The third-order valence-corrected chi connectivity index (χ3v) is 3.66. The minimum Gasteiger partial charge on any atom is -0.339 e. The van der Waals surface area contributed by atoms with E-state index >= 15 is 0 Å². The molecule has 0 heterocycles. The molecule has 1 aliphatic carbocycles. The van der Waals surface area contributed by atoms with Crippen LogP contribution >= 0.6 is 0 Å². The Kier molecular flexibility index (Phi) is 3.96. The first kappa shape index (κ1) is 14.4. The predicted molar refractivity (Wildman–Crippen MR) is 67.4 cm³/mol. The van der Waals surface area contributed by atoms with Gasteiger partial charge in [-0.25, -0.2) is 8.78 Å². The van der Waals surface area contributed by atoms with E-state index in [0.717, 1.165) is 25.7 Å². The second-order valence-electron chi connectivity index (χ2n) is 4.89. The van der Waals surface area contributed by atoms with Crippen molar-refractivity contribution in [2.75, 3.05) is 7.05 Å². The summed E-state index contributed by atoms with van der Waals surface area (Å²) >= 11 is 0. The molecule has 7 heteroatoms. The van der Waals surface area contributed by atoms with E-state index < -0.39 is 33.7 Å². The van der Waals surface area contributed by atoms with Gasteiger partial charge in [0.1, 0.15) is 5.56 Å².